The van der Waals surface area contributed by atoms with Crippen molar-refractivity contribution in [1.82, 2.24) is 14.8 Å². The number of hydrogen-bond acceptors (Lipinski definition) is 7. The average molecular weight is 484 g/mol. The zero-order chi connectivity index (χ0) is 25.9. The van der Waals surface area contributed by atoms with Gasteiger partial charge in [0.05, 0.1) is 16.5 Å². The lowest BCUT2D eigenvalue weighted by Crippen LogP contribution is -2.42. The molecule has 0 radical (unpaired) electrons. The number of carbonyl (C=O) groups is 2. The van der Waals surface area contributed by atoms with Gasteiger partial charge in [-0.2, -0.15) is 0 Å². The van der Waals surface area contributed by atoms with Crippen molar-refractivity contribution in [2.24, 2.45) is 0 Å². The smallest absolute Gasteiger partial charge is 0.410 e. The van der Waals surface area contributed by atoms with E-state index in [1.807, 2.05) is 19.9 Å². The third-order valence-corrected chi connectivity index (χ3v) is 5.63. The zero-order valence-corrected chi connectivity index (χ0v) is 21.1. The van der Waals surface area contributed by atoms with Crippen LogP contribution in [0, 0.1) is 10.1 Å². The molecule has 35 heavy (non-hydrogen) atoms. The fourth-order valence-electron chi connectivity index (χ4n) is 3.98. The van der Waals surface area contributed by atoms with Gasteiger partial charge < -0.3 is 19.9 Å². The summed E-state index contributed by atoms with van der Waals surface area (Å²) in [4.78, 5) is 45.1. The number of aromatic nitrogens is 1. The molecule has 1 atom stereocenters. The number of carbonyl (C=O) groups excluding carboxylic acids is 2. The Bertz CT molecular complexity index is 1100. The van der Waals surface area contributed by atoms with Crippen LogP contribution < -0.4 is 5.32 Å². The summed E-state index contributed by atoms with van der Waals surface area (Å²) in [5, 5.41) is 15.3. The largest absolute Gasteiger partial charge is 0.444 e. The first-order valence-corrected chi connectivity index (χ1v) is 11.6. The first-order valence-electron chi connectivity index (χ1n) is 11.6. The fourth-order valence-corrected chi connectivity index (χ4v) is 3.98. The Morgan fingerprint density at radius 1 is 1.26 bits per heavy atom. The van der Waals surface area contributed by atoms with Crippen LogP contribution >= 0.6 is 0 Å². The minimum atomic E-state index is -0.623. The van der Waals surface area contributed by atoms with Gasteiger partial charge in [-0.05, 0) is 41.0 Å². The molecule has 2 aromatic rings. The second kappa shape index (κ2) is 10.3. The van der Waals surface area contributed by atoms with Crippen LogP contribution in [0.15, 0.2) is 36.5 Å². The highest BCUT2D eigenvalue weighted by atomic mass is 16.6. The molecule has 1 fully saturated rings. The van der Waals surface area contributed by atoms with Gasteiger partial charge in [0.25, 0.3) is 5.91 Å². The highest BCUT2D eigenvalue weighted by Crippen LogP contribution is 2.38. The second-order valence-corrected chi connectivity index (χ2v) is 9.95. The third-order valence-electron chi connectivity index (χ3n) is 5.63. The van der Waals surface area contributed by atoms with Crippen molar-refractivity contribution in [3.63, 3.8) is 0 Å². The van der Waals surface area contributed by atoms with Crippen LogP contribution in [0.3, 0.4) is 0 Å². The van der Waals surface area contributed by atoms with Gasteiger partial charge in [-0.25, -0.2) is 9.78 Å². The molecule has 0 saturated carbocycles. The van der Waals surface area contributed by atoms with Crippen molar-refractivity contribution in [3.8, 4) is 11.3 Å². The molecule has 10 heteroatoms. The van der Waals surface area contributed by atoms with Crippen molar-refractivity contribution in [2.45, 2.75) is 58.7 Å². The van der Waals surface area contributed by atoms with E-state index in [2.05, 4.69) is 10.3 Å². The van der Waals surface area contributed by atoms with E-state index in [1.165, 1.54) is 11.1 Å². The number of hydrogen-bond donors (Lipinski definition) is 1. The van der Waals surface area contributed by atoms with E-state index < -0.39 is 16.6 Å². The predicted molar refractivity (Wildman–Crippen MR) is 133 cm³/mol. The average Bonchev–Trinajstić information content (AvgIpc) is 3.27. The lowest BCUT2D eigenvalue weighted by molar-refractivity contribution is -0.383. The van der Waals surface area contributed by atoms with Crippen molar-refractivity contribution < 1.29 is 19.2 Å². The molecule has 10 nitrogen and oxygen atoms in total. The van der Waals surface area contributed by atoms with Gasteiger partial charge in [-0.3, -0.25) is 14.9 Å². The van der Waals surface area contributed by atoms with Gasteiger partial charge in [-0.1, -0.05) is 30.3 Å². The van der Waals surface area contributed by atoms with Gasteiger partial charge in [0.15, 0.2) is 0 Å². The van der Waals surface area contributed by atoms with Crippen LogP contribution in [-0.2, 0) is 4.74 Å². The van der Waals surface area contributed by atoms with Crippen LogP contribution in [0.25, 0.3) is 11.3 Å². The van der Waals surface area contributed by atoms with E-state index in [-0.39, 0.29) is 40.6 Å². The molecule has 0 spiro atoms. The van der Waals surface area contributed by atoms with Crippen LogP contribution in [-0.4, -0.2) is 69.5 Å². The highest BCUT2D eigenvalue weighted by molar-refractivity contribution is 6.03. The molecule has 1 aliphatic rings. The maximum Gasteiger partial charge on any atom is 0.410 e. The number of benzene rings is 1. The molecular weight excluding hydrogens is 450 g/mol. The molecule has 1 unspecified atom stereocenters. The van der Waals surface area contributed by atoms with Gasteiger partial charge in [-0.15, -0.1) is 0 Å². The number of rotatable bonds is 6. The molecule has 1 aromatic carbocycles. The molecule has 1 saturated heterocycles. The summed E-state index contributed by atoms with van der Waals surface area (Å²) >= 11 is 0. The monoisotopic (exact) mass is 483 g/mol. The summed E-state index contributed by atoms with van der Waals surface area (Å²) in [7, 11) is 1.65. The van der Waals surface area contributed by atoms with E-state index in [4.69, 9.17) is 4.74 Å². The number of amides is 2. The Morgan fingerprint density at radius 3 is 2.49 bits per heavy atom. The van der Waals surface area contributed by atoms with Crippen molar-refractivity contribution in [1.29, 1.82) is 0 Å². The molecule has 2 amide bonds. The summed E-state index contributed by atoms with van der Waals surface area (Å²) in [5.41, 5.74) is 0.197. The van der Waals surface area contributed by atoms with Crippen molar-refractivity contribution in [3.05, 3.63) is 52.2 Å². The summed E-state index contributed by atoms with van der Waals surface area (Å²) in [5.74, 6) is -0.372. The number of nitrogens with zero attached hydrogens (tertiary/aromatic N) is 4. The Hall–Kier alpha value is -3.69. The van der Waals surface area contributed by atoms with Gasteiger partial charge in [0.2, 0.25) is 0 Å². The van der Waals surface area contributed by atoms with Gasteiger partial charge in [0.1, 0.15) is 17.0 Å². The fraction of sp³-hybridized carbons (Fsp3) is 0.480. The lowest BCUT2D eigenvalue weighted by Gasteiger charge is -2.28. The highest BCUT2D eigenvalue weighted by Gasteiger charge is 2.36. The number of nitro groups is 1. The minimum absolute atomic E-state index is 0.130. The van der Waals surface area contributed by atoms with Gasteiger partial charge >= 0.3 is 11.8 Å². The predicted octanol–water partition coefficient (Wildman–Crippen LogP) is 4.56. The number of likely N-dealkylation sites (tertiary alicyclic amines) is 1. The molecule has 0 aliphatic carbocycles. The molecule has 2 heterocycles. The summed E-state index contributed by atoms with van der Waals surface area (Å²) in [6.07, 6.45) is 1.52. The number of ether oxygens (including phenoxy) is 1. The molecule has 1 N–H and O–H groups in total. The standard InChI is InChI=1S/C25H33N5O5/c1-16(2)27-21-19(14-26-20(22(21)30(33)34)17-10-8-7-9-11-17)23(31)29-13-12-18(15-29)28(6)24(32)35-25(3,4)5/h7-11,14,16,18H,12-13,15H2,1-6H3,(H,26,27). The van der Waals surface area contributed by atoms with Crippen LogP contribution in [0.1, 0.15) is 51.4 Å². The third kappa shape index (κ3) is 6.06. The van der Waals surface area contributed by atoms with Crippen molar-refractivity contribution in [2.75, 3.05) is 25.5 Å². The van der Waals surface area contributed by atoms with E-state index >= 15 is 0 Å². The SMILES string of the molecule is CC(C)Nc1c(C(=O)N2CCC(N(C)C(=O)OC(C)(C)C)C2)cnc(-c2ccccc2)c1[N+](=O)[O-]. The normalized spacial score (nSPS) is 15.7. The number of nitrogens with one attached hydrogen (secondary N) is 1. The summed E-state index contributed by atoms with van der Waals surface area (Å²) < 4.78 is 5.44. The van der Waals surface area contributed by atoms with Crippen LogP contribution in [0.2, 0.25) is 0 Å². The molecule has 1 aliphatic heterocycles. The van der Waals surface area contributed by atoms with E-state index in [1.54, 1.807) is 57.0 Å². The molecule has 3 rings (SSSR count). The van der Waals surface area contributed by atoms with Gasteiger partial charge in [0, 0.05) is 37.9 Å². The lowest BCUT2D eigenvalue weighted by atomic mass is 10.0. The first-order chi connectivity index (χ1) is 16.4. The Balaban J connectivity index is 1.93. The number of pyridine rings is 1. The maximum absolute atomic E-state index is 13.5. The molecule has 0 bridgehead atoms. The zero-order valence-electron chi connectivity index (χ0n) is 21.1. The Morgan fingerprint density at radius 2 is 1.91 bits per heavy atom. The summed E-state index contributed by atoms with van der Waals surface area (Å²) in [6.45, 7) is 9.79. The number of anilines is 1. The second-order valence-electron chi connectivity index (χ2n) is 9.95. The van der Waals surface area contributed by atoms with E-state index in [0.29, 0.717) is 25.1 Å². The summed E-state index contributed by atoms with van der Waals surface area (Å²) in [6, 6.07) is 8.49. The maximum atomic E-state index is 13.5. The Kier molecular flexibility index (Phi) is 7.62. The number of likely N-dealkylation sites (N-methyl/N-ethyl adjacent to an activating group) is 1. The quantitative estimate of drug-likeness (QED) is 0.473. The van der Waals surface area contributed by atoms with E-state index in [0.717, 1.165) is 0 Å². The molecular formula is C25H33N5O5. The minimum Gasteiger partial charge on any atom is -0.444 e. The van der Waals surface area contributed by atoms with Crippen molar-refractivity contribution >= 4 is 23.4 Å². The van der Waals surface area contributed by atoms with E-state index in [9.17, 15) is 19.7 Å². The van der Waals surface area contributed by atoms with Crippen LogP contribution in [0.4, 0.5) is 16.2 Å². The van der Waals surface area contributed by atoms with Crippen LogP contribution in [0.5, 0.6) is 0 Å². The molecule has 188 valence electrons. The molecule has 1 aromatic heterocycles. The Labute approximate surface area is 205 Å². The first kappa shape index (κ1) is 25.9. The topological polar surface area (TPSA) is 118 Å².